The average Bonchev–Trinajstić information content (AvgIpc) is 2.60. The number of pyridine rings is 1. The first-order valence-corrected chi connectivity index (χ1v) is 9.78. The van der Waals surface area contributed by atoms with Crippen LogP contribution in [-0.4, -0.2) is 16.9 Å². The number of rotatable bonds is 3. The average molecular weight is 334 g/mol. The Morgan fingerprint density at radius 1 is 1.04 bits per heavy atom. The minimum atomic E-state index is -0.0194. The van der Waals surface area contributed by atoms with E-state index in [0.717, 1.165) is 28.7 Å². The van der Waals surface area contributed by atoms with Crippen LogP contribution in [0.4, 0.5) is 0 Å². The van der Waals surface area contributed by atoms with Gasteiger partial charge in [0.2, 0.25) is 0 Å². The fraction of sp³-hybridized carbons (Fsp3) is 0.545. The molecule has 0 spiro atoms. The van der Waals surface area contributed by atoms with E-state index in [4.69, 9.17) is 0 Å². The third-order valence-electron chi connectivity index (χ3n) is 7.18. The van der Waals surface area contributed by atoms with Gasteiger partial charge < -0.3 is 5.32 Å². The lowest BCUT2D eigenvalue weighted by Crippen LogP contribution is -2.55. The molecule has 2 aromatic rings. The van der Waals surface area contributed by atoms with Crippen LogP contribution in [0.15, 0.2) is 36.4 Å². The molecule has 1 aromatic heterocycles. The van der Waals surface area contributed by atoms with Gasteiger partial charge in [-0.15, -0.1) is 0 Å². The molecule has 1 N–H and O–H groups in total. The van der Waals surface area contributed by atoms with Gasteiger partial charge in [-0.1, -0.05) is 24.3 Å². The lowest BCUT2D eigenvalue weighted by Gasteiger charge is -2.59. The molecular weight excluding hydrogens is 308 g/mol. The zero-order chi connectivity index (χ0) is 17.0. The van der Waals surface area contributed by atoms with E-state index in [1.165, 1.54) is 38.5 Å². The summed E-state index contributed by atoms with van der Waals surface area (Å²) in [5.74, 6) is 2.70. The van der Waals surface area contributed by atoms with E-state index >= 15 is 0 Å². The Morgan fingerprint density at radius 3 is 2.36 bits per heavy atom. The van der Waals surface area contributed by atoms with Crippen molar-refractivity contribution < 1.29 is 4.79 Å². The second-order valence-electron chi connectivity index (χ2n) is 8.86. The number of nitrogens with one attached hydrogen (secondary N) is 1. The number of para-hydroxylation sites is 1. The second-order valence-corrected chi connectivity index (χ2v) is 8.86. The molecule has 3 heteroatoms. The lowest BCUT2D eigenvalue weighted by atomic mass is 9.48. The van der Waals surface area contributed by atoms with Gasteiger partial charge in [0.15, 0.2) is 0 Å². The van der Waals surface area contributed by atoms with Crippen LogP contribution in [0.25, 0.3) is 10.9 Å². The first-order valence-electron chi connectivity index (χ1n) is 9.78. The highest BCUT2D eigenvalue weighted by molar-refractivity contribution is 5.95. The van der Waals surface area contributed by atoms with E-state index in [1.807, 2.05) is 36.4 Å². The maximum atomic E-state index is 12.8. The molecule has 4 fully saturated rings. The van der Waals surface area contributed by atoms with Crippen molar-refractivity contribution in [2.45, 2.75) is 51.5 Å². The van der Waals surface area contributed by atoms with Crippen LogP contribution in [0, 0.1) is 23.2 Å². The second kappa shape index (κ2) is 5.55. The number of nitrogens with zero attached hydrogens (tertiary/aromatic N) is 1. The van der Waals surface area contributed by atoms with Gasteiger partial charge in [0.1, 0.15) is 5.69 Å². The molecule has 1 amide bonds. The standard InChI is InChI=1S/C22H26N2O/c1-14(22-11-15-8-16(12-22)10-17(9-15)13-22)23-21(25)20-7-6-18-4-2-3-5-19(18)24-20/h2-7,14-17H,8-13H2,1H3,(H,23,25). The van der Waals surface area contributed by atoms with Crippen molar-refractivity contribution in [3.05, 3.63) is 42.1 Å². The van der Waals surface area contributed by atoms with Gasteiger partial charge in [-0.2, -0.15) is 0 Å². The predicted octanol–water partition coefficient (Wildman–Crippen LogP) is 4.57. The molecule has 1 unspecified atom stereocenters. The summed E-state index contributed by atoms with van der Waals surface area (Å²) in [6.45, 7) is 2.23. The molecule has 4 aliphatic rings. The fourth-order valence-electron chi connectivity index (χ4n) is 6.32. The van der Waals surface area contributed by atoms with Crippen LogP contribution in [0.1, 0.15) is 55.9 Å². The minimum Gasteiger partial charge on any atom is -0.348 e. The zero-order valence-corrected chi connectivity index (χ0v) is 14.9. The van der Waals surface area contributed by atoms with Crippen LogP contribution in [0.2, 0.25) is 0 Å². The van der Waals surface area contributed by atoms with Crippen molar-refractivity contribution in [1.29, 1.82) is 0 Å². The third-order valence-corrected chi connectivity index (χ3v) is 7.18. The molecule has 25 heavy (non-hydrogen) atoms. The largest absolute Gasteiger partial charge is 0.348 e. The SMILES string of the molecule is CC(NC(=O)c1ccc2ccccc2n1)C12CC3CC(CC(C3)C1)C2. The van der Waals surface area contributed by atoms with E-state index in [1.54, 1.807) is 0 Å². The smallest absolute Gasteiger partial charge is 0.270 e. The summed E-state index contributed by atoms with van der Waals surface area (Å²) in [4.78, 5) is 17.4. The van der Waals surface area contributed by atoms with Crippen molar-refractivity contribution >= 4 is 16.8 Å². The lowest BCUT2D eigenvalue weighted by molar-refractivity contribution is -0.0688. The number of hydrogen-bond acceptors (Lipinski definition) is 2. The van der Waals surface area contributed by atoms with Crippen molar-refractivity contribution in [2.75, 3.05) is 0 Å². The minimum absolute atomic E-state index is 0.0194. The van der Waals surface area contributed by atoms with Crippen LogP contribution >= 0.6 is 0 Å². The summed E-state index contributed by atoms with van der Waals surface area (Å²) in [7, 11) is 0. The van der Waals surface area contributed by atoms with Gasteiger partial charge in [-0.3, -0.25) is 4.79 Å². The Labute approximate surface area is 149 Å². The van der Waals surface area contributed by atoms with Crippen molar-refractivity contribution in [3.63, 3.8) is 0 Å². The number of carbonyl (C=O) groups excluding carboxylic acids is 1. The van der Waals surface area contributed by atoms with Crippen molar-refractivity contribution in [2.24, 2.45) is 23.2 Å². The Morgan fingerprint density at radius 2 is 1.68 bits per heavy atom. The zero-order valence-electron chi connectivity index (χ0n) is 14.9. The summed E-state index contributed by atoms with van der Waals surface area (Å²) in [5, 5.41) is 4.39. The van der Waals surface area contributed by atoms with E-state index in [-0.39, 0.29) is 11.9 Å². The Hall–Kier alpha value is -1.90. The van der Waals surface area contributed by atoms with Gasteiger partial charge in [-0.25, -0.2) is 4.98 Å². The summed E-state index contributed by atoms with van der Waals surface area (Å²) < 4.78 is 0. The van der Waals surface area contributed by atoms with Crippen LogP contribution < -0.4 is 5.32 Å². The van der Waals surface area contributed by atoms with E-state index in [0.29, 0.717) is 11.1 Å². The monoisotopic (exact) mass is 334 g/mol. The Balaban J connectivity index is 1.36. The molecule has 130 valence electrons. The van der Waals surface area contributed by atoms with Gasteiger partial charge in [0, 0.05) is 11.4 Å². The number of carbonyl (C=O) groups is 1. The third kappa shape index (κ3) is 2.56. The fourth-order valence-corrected chi connectivity index (χ4v) is 6.32. The van der Waals surface area contributed by atoms with Gasteiger partial charge >= 0.3 is 0 Å². The predicted molar refractivity (Wildman–Crippen MR) is 99.3 cm³/mol. The number of amides is 1. The summed E-state index contributed by atoms with van der Waals surface area (Å²) in [5.41, 5.74) is 1.76. The normalized spacial score (nSPS) is 34.2. The van der Waals surface area contributed by atoms with Crippen LogP contribution in [0.5, 0.6) is 0 Å². The number of benzene rings is 1. The van der Waals surface area contributed by atoms with Crippen molar-refractivity contribution in [1.82, 2.24) is 10.3 Å². The molecule has 3 nitrogen and oxygen atoms in total. The number of fused-ring (bicyclic) bond motifs is 1. The van der Waals surface area contributed by atoms with Crippen LogP contribution in [0.3, 0.4) is 0 Å². The molecule has 0 saturated heterocycles. The van der Waals surface area contributed by atoms with Crippen LogP contribution in [-0.2, 0) is 0 Å². The molecule has 0 aliphatic heterocycles. The van der Waals surface area contributed by atoms with Gasteiger partial charge in [-0.05, 0) is 80.8 Å². The van der Waals surface area contributed by atoms with Gasteiger partial charge in [0.05, 0.1) is 5.52 Å². The highest BCUT2D eigenvalue weighted by Gasteiger charge is 2.53. The number of aromatic nitrogens is 1. The highest BCUT2D eigenvalue weighted by Crippen LogP contribution is 2.61. The van der Waals surface area contributed by atoms with Crippen molar-refractivity contribution in [3.8, 4) is 0 Å². The maximum absolute atomic E-state index is 12.8. The molecule has 4 bridgehead atoms. The Kier molecular flexibility index (Phi) is 3.41. The summed E-state index contributed by atoms with van der Waals surface area (Å²) in [6.07, 6.45) is 8.24. The number of hydrogen-bond donors (Lipinski definition) is 1. The first kappa shape index (κ1) is 15.4. The topological polar surface area (TPSA) is 42.0 Å². The molecule has 1 atom stereocenters. The van der Waals surface area contributed by atoms with Gasteiger partial charge in [0.25, 0.3) is 5.91 Å². The molecule has 4 aliphatic carbocycles. The van der Waals surface area contributed by atoms with E-state index in [2.05, 4.69) is 17.2 Å². The molecule has 0 radical (unpaired) electrons. The molecular formula is C22H26N2O. The van der Waals surface area contributed by atoms with E-state index in [9.17, 15) is 4.79 Å². The quantitative estimate of drug-likeness (QED) is 0.893. The highest BCUT2D eigenvalue weighted by atomic mass is 16.1. The Bertz CT molecular complexity index is 792. The first-order chi connectivity index (χ1) is 12.1. The molecule has 4 saturated carbocycles. The summed E-state index contributed by atoms with van der Waals surface area (Å²) in [6, 6.07) is 12.0. The molecule has 6 rings (SSSR count). The molecule has 1 aromatic carbocycles. The maximum Gasteiger partial charge on any atom is 0.270 e. The summed E-state index contributed by atoms with van der Waals surface area (Å²) >= 11 is 0. The van der Waals surface area contributed by atoms with E-state index < -0.39 is 0 Å². The molecule has 1 heterocycles.